The molecule has 0 aliphatic carbocycles. The molecule has 0 unspecified atom stereocenters. The summed E-state index contributed by atoms with van der Waals surface area (Å²) in [4.78, 5) is 4.87. The maximum Gasteiger partial charge on any atom is 0.131 e. The number of nitrogens with zero attached hydrogens (tertiary/aromatic N) is 4. The van der Waals surface area contributed by atoms with Gasteiger partial charge in [0.15, 0.2) is 0 Å². The third kappa shape index (κ3) is 2.87. The Morgan fingerprint density at radius 2 is 1.95 bits per heavy atom. The maximum atomic E-state index is 9.24. The molecule has 2 rings (SSSR count). The topological polar surface area (TPSA) is 80.1 Å². The van der Waals surface area contributed by atoms with Crippen LogP contribution in [0.25, 0.3) is 0 Å². The van der Waals surface area contributed by atoms with E-state index in [1.807, 2.05) is 0 Å². The van der Waals surface area contributed by atoms with E-state index in [0.717, 1.165) is 37.5 Å². The number of thiophene rings is 1. The minimum Gasteiger partial charge on any atom is -0.396 e. The molecule has 0 spiro atoms. The van der Waals surface area contributed by atoms with E-state index in [0.29, 0.717) is 22.0 Å². The summed E-state index contributed by atoms with van der Waals surface area (Å²) in [5.41, 5.74) is 6.67. The molecule has 0 atom stereocenters. The lowest BCUT2D eigenvalue weighted by molar-refractivity contribution is 0.285. The molecular weight excluding hydrogens is 270 g/mol. The second kappa shape index (κ2) is 6.13. The van der Waals surface area contributed by atoms with Gasteiger partial charge in [0, 0.05) is 19.6 Å². The fourth-order valence-electron chi connectivity index (χ4n) is 2.68. The van der Waals surface area contributed by atoms with Crippen molar-refractivity contribution in [1.29, 1.82) is 10.5 Å². The fourth-order valence-corrected chi connectivity index (χ4v) is 3.70. The van der Waals surface area contributed by atoms with Crippen molar-refractivity contribution in [3.8, 4) is 12.1 Å². The zero-order valence-electron chi connectivity index (χ0n) is 11.9. The minimum atomic E-state index is 0.338. The van der Waals surface area contributed by atoms with E-state index in [9.17, 15) is 5.26 Å². The first kappa shape index (κ1) is 14.6. The zero-order valence-corrected chi connectivity index (χ0v) is 12.7. The number of hydrogen-bond acceptors (Lipinski definition) is 6. The summed E-state index contributed by atoms with van der Waals surface area (Å²) in [7, 11) is 4.19. The van der Waals surface area contributed by atoms with Crippen molar-refractivity contribution in [2.75, 3.05) is 44.4 Å². The van der Waals surface area contributed by atoms with Crippen LogP contribution in [0.4, 0.5) is 10.7 Å². The van der Waals surface area contributed by atoms with E-state index < -0.39 is 0 Å². The van der Waals surface area contributed by atoms with Gasteiger partial charge in [-0.2, -0.15) is 10.5 Å². The number of nitrogens with two attached hydrogens (primary N) is 1. The van der Waals surface area contributed by atoms with Gasteiger partial charge in [-0.3, -0.25) is 0 Å². The van der Waals surface area contributed by atoms with Gasteiger partial charge in [0.2, 0.25) is 0 Å². The van der Waals surface area contributed by atoms with Crippen molar-refractivity contribution in [2.45, 2.75) is 12.8 Å². The number of hydrogen-bond donors (Lipinski definition) is 1. The summed E-state index contributed by atoms with van der Waals surface area (Å²) >= 11 is 1.34. The van der Waals surface area contributed by atoms with E-state index in [1.54, 1.807) is 0 Å². The Morgan fingerprint density at radius 1 is 1.30 bits per heavy atom. The van der Waals surface area contributed by atoms with Crippen LogP contribution in [0, 0.1) is 28.6 Å². The Labute approximate surface area is 123 Å². The third-order valence-electron chi connectivity index (χ3n) is 3.67. The molecule has 0 bridgehead atoms. The molecule has 2 heterocycles. The Kier molecular flexibility index (Phi) is 4.49. The highest BCUT2D eigenvalue weighted by Crippen LogP contribution is 2.38. The second-order valence-electron chi connectivity index (χ2n) is 5.44. The number of nitriles is 2. The number of piperidine rings is 1. The molecule has 1 aromatic heterocycles. The summed E-state index contributed by atoms with van der Waals surface area (Å²) < 4.78 is 0. The van der Waals surface area contributed by atoms with Crippen LogP contribution in [-0.2, 0) is 0 Å². The SMILES string of the molecule is CN(C)CC1CCN(c2sc(C#N)c(N)c2C#N)CC1. The molecule has 1 aliphatic heterocycles. The highest BCUT2D eigenvalue weighted by atomic mass is 32.1. The monoisotopic (exact) mass is 289 g/mol. The Balaban J connectivity index is 2.12. The van der Waals surface area contributed by atoms with Crippen LogP contribution in [0.3, 0.4) is 0 Å². The van der Waals surface area contributed by atoms with E-state index >= 15 is 0 Å². The van der Waals surface area contributed by atoms with E-state index in [2.05, 4.69) is 36.0 Å². The van der Waals surface area contributed by atoms with Gasteiger partial charge in [-0.15, -0.1) is 11.3 Å². The molecule has 6 heteroatoms. The van der Waals surface area contributed by atoms with Crippen LogP contribution in [0.5, 0.6) is 0 Å². The highest BCUT2D eigenvalue weighted by molar-refractivity contribution is 7.17. The van der Waals surface area contributed by atoms with Crippen LogP contribution in [-0.4, -0.2) is 38.6 Å². The molecule has 106 valence electrons. The molecule has 1 fully saturated rings. The van der Waals surface area contributed by atoms with Crippen molar-refractivity contribution < 1.29 is 0 Å². The summed E-state index contributed by atoms with van der Waals surface area (Å²) in [6.45, 7) is 2.96. The lowest BCUT2D eigenvalue weighted by Crippen LogP contribution is -2.37. The van der Waals surface area contributed by atoms with E-state index in [-0.39, 0.29) is 0 Å². The van der Waals surface area contributed by atoms with Gasteiger partial charge in [-0.25, -0.2) is 0 Å². The number of nitrogen functional groups attached to an aromatic ring is 1. The molecule has 0 saturated carbocycles. The van der Waals surface area contributed by atoms with Crippen molar-refractivity contribution >= 4 is 22.0 Å². The molecule has 0 amide bonds. The largest absolute Gasteiger partial charge is 0.396 e. The van der Waals surface area contributed by atoms with Gasteiger partial charge in [-0.05, 0) is 32.9 Å². The summed E-state index contributed by atoms with van der Waals surface area (Å²) in [6.07, 6.45) is 2.23. The van der Waals surface area contributed by atoms with Gasteiger partial charge < -0.3 is 15.5 Å². The molecule has 1 aliphatic rings. The van der Waals surface area contributed by atoms with Crippen LogP contribution < -0.4 is 10.6 Å². The quantitative estimate of drug-likeness (QED) is 0.918. The molecule has 0 radical (unpaired) electrons. The maximum absolute atomic E-state index is 9.24. The summed E-state index contributed by atoms with van der Waals surface area (Å²) in [6, 6.07) is 4.22. The second-order valence-corrected chi connectivity index (χ2v) is 6.44. The van der Waals surface area contributed by atoms with Gasteiger partial charge >= 0.3 is 0 Å². The Hall–Kier alpha value is -1.76. The minimum absolute atomic E-state index is 0.338. The standard InChI is InChI=1S/C14H19N5S/c1-18(2)9-10-3-5-19(6-4-10)14-11(7-15)13(17)12(8-16)20-14/h10H,3-6,9,17H2,1-2H3. The average Bonchev–Trinajstić information content (AvgIpc) is 2.75. The van der Waals surface area contributed by atoms with Gasteiger partial charge in [-0.1, -0.05) is 0 Å². The van der Waals surface area contributed by atoms with Crippen molar-refractivity contribution in [3.63, 3.8) is 0 Å². The number of anilines is 2. The Bertz CT molecular complexity index is 555. The first-order valence-corrected chi connectivity index (χ1v) is 7.50. The lowest BCUT2D eigenvalue weighted by atomic mass is 9.96. The number of rotatable bonds is 3. The van der Waals surface area contributed by atoms with Crippen LogP contribution in [0.15, 0.2) is 0 Å². The molecule has 0 aromatic carbocycles. The fraction of sp³-hybridized carbons (Fsp3) is 0.571. The summed E-state index contributed by atoms with van der Waals surface area (Å²) in [5, 5.41) is 19.1. The molecular formula is C14H19N5S. The highest BCUT2D eigenvalue weighted by Gasteiger charge is 2.25. The predicted octanol–water partition coefficient (Wildman–Crippen LogP) is 1.85. The van der Waals surface area contributed by atoms with Crippen LogP contribution in [0.2, 0.25) is 0 Å². The zero-order chi connectivity index (χ0) is 14.7. The first-order valence-electron chi connectivity index (χ1n) is 6.69. The first-order chi connectivity index (χ1) is 9.56. The summed E-state index contributed by atoms with van der Waals surface area (Å²) in [5.74, 6) is 0.708. The molecule has 2 N–H and O–H groups in total. The van der Waals surface area contributed by atoms with Crippen LogP contribution in [0.1, 0.15) is 23.3 Å². The molecule has 1 aromatic rings. The predicted molar refractivity (Wildman–Crippen MR) is 81.7 cm³/mol. The van der Waals surface area contributed by atoms with Crippen LogP contribution >= 0.6 is 11.3 Å². The molecule has 5 nitrogen and oxygen atoms in total. The third-order valence-corrected chi connectivity index (χ3v) is 4.84. The Morgan fingerprint density at radius 3 is 2.45 bits per heavy atom. The van der Waals surface area contributed by atoms with E-state index in [4.69, 9.17) is 11.0 Å². The van der Waals surface area contributed by atoms with Gasteiger partial charge in [0.05, 0.1) is 5.69 Å². The van der Waals surface area contributed by atoms with Crippen molar-refractivity contribution in [3.05, 3.63) is 10.4 Å². The van der Waals surface area contributed by atoms with Gasteiger partial charge in [0.1, 0.15) is 27.6 Å². The molecule has 20 heavy (non-hydrogen) atoms. The lowest BCUT2D eigenvalue weighted by Gasteiger charge is -2.33. The smallest absolute Gasteiger partial charge is 0.131 e. The molecule has 1 saturated heterocycles. The van der Waals surface area contributed by atoms with Gasteiger partial charge in [0.25, 0.3) is 0 Å². The van der Waals surface area contributed by atoms with E-state index in [1.165, 1.54) is 11.3 Å². The normalized spacial score (nSPS) is 16.1. The van der Waals surface area contributed by atoms with Crippen molar-refractivity contribution in [1.82, 2.24) is 4.90 Å². The average molecular weight is 289 g/mol. The van der Waals surface area contributed by atoms with Crippen molar-refractivity contribution in [2.24, 2.45) is 5.92 Å².